The molecule has 1 atom stereocenters. The number of carboxylic acids is 1. The Balaban J connectivity index is 0.000000617. The van der Waals surface area contributed by atoms with Gasteiger partial charge in [0.2, 0.25) is 5.78 Å². The molecule has 0 radical (unpaired) electrons. The number of amides is 2. The maximum Gasteiger partial charge on any atom is 0.490 e. The fourth-order valence-electron chi connectivity index (χ4n) is 4.09. The van der Waals surface area contributed by atoms with Crippen LogP contribution in [0.4, 0.5) is 18.9 Å². The van der Waals surface area contributed by atoms with E-state index in [9.17, 15) is 27.6 Å². The van der Waals surface area contributed by atoms with Crippen LogP contribution < -0.4 is 16.4 Å². The highest BCUT2D eigenvalue weighted by atomic mass is 32.1. The third-order valence-electron chi connectivity index (χ3n) is 6.54. The lowest BCUT2D eigenvalue weighted by atomic mass is 10.0. The molecule has 0 spiro atoms. The highest BCUT2D eigenvalue weighted by Crippen LogP contribution is 2.29. The Kier molecular flexibility index (Phi) is 10.6. The summed E-state index contributed by atoms with van der Waals surface area (Å²) in [5.74, 6) is -3.67. The van der Waals surface area contributed by atoms with Crippen LogP contribution in [0.15, 0.2) is 97.1 Å². The van der Waals surface area contributed by atoms with Gasteiger partial charge in [0.25, 0.3) is 11.8 Å². The van der Waals surface area contributed by atoms with Gasteiger partial charge in [-0.3, -0.25) is 14.4 Å². The van der Waals surface area contributed by atoms with E-state index in [1.807, 2.05) is 37.3 Å². The van der Waals surface area contributed by atoms with Gasteiger partial charge >= 0.3 is 12.1 Å². The summed E-state index contributed by atoms with van der Waals surface area (Å²) in [6, 6.07) is 27.7. The first-order valence-corrected chi connectivity index (χ1v) is 14.4. The van der Waals surface area contributed by atoms with Crippen molar-refractivity contribution in [3.63, 3.8) is 0 Å². The zero-order valence-electron chi connectivity index (χ0n) is 24.2. The van der Waals surface area contributed by atoms with E-state index in [4.69, 9.17) is 15.6 Å². The molecule has 1 aromatic heterocycles. The molecule has 0 saturated carbocycles. The Morgan fingerprint density at radius 2 is 1.48 bits per heavy atom. The van der Waals surface area contributed by atoms with Crippen LogP contribution in [0.5, 0.6) is 0 Å². The second-order valence-electron chi connectivity index (χ2n) is 9.91. The van der Waals surface area contributed by atoms with Gasteiger partial charge in [-0.25, -0.2) is 9.78 Å². The second kappa shape index (κ2) is 14.6. The normalized spacial score (nSPS) is 11.6. The number of nitrogens with two attached hydrogens (primary N) is 1. The summed E-state index contributed by atoms with van der Waals surface area (Å²) in [6.07, 6.45) is -5.08. The maximum absolute atomic E-state index is 13.8. The predicted octanol–water partition coefficient (Wildman–Crippen LogP) is 6.30. The highest BCUT2D eigenvalue weighted by Gasteiger charge is 2.38. The highest BCUT2D eigenvalue weighted by molar-refractivity contribution is 7.20. The number of hydrogen-bond acceptors (Lipinski definition) is 7. The molecular formula is C33H27F3N4O5S. The van der Waals surface area contributed by atoms with Crippen LogP contribution >= 0.6 is 11.3 Å². The Morgan fingerprint density at radius 3 is 2.07 bits per heavy atom. The van der Waals surface area contributed by atoms with Crippen molar-refractivity contribution in [2.75, 3.05) is 5.32 Å². The summed E-state index contributed by atoms with van der Waals surface area (Å²) in [7, 11) is 0. The number of ketones is 1. The average Bonchev–Trinajstić information content (AvgIpc) is 3.47. The van der Waals surface area contributed by atoms with Gasteiger partial charge in [0.05, 0.1) is 10.2 Å². The van der Waals surface area contributed by atoms with Crippen LogP contribution in [0.25, 0.3) is 10.2 Å². The standard InChI is InChI=1S/C31H26N4O3S.C2HF3O2/c1-19-7-11-23(12-8-19)29(37)33-24-15-16-25-26(17-24)39-31(34-25)28(36)27(21-13-9-20(18-32)10-14-21)35-30(38)22-5-3-2-4-6-22;3-2(4,5)1(6)7/h2-17,27H,18,32H2,1H3,(H,33,37)(H,35,38);(H,6,7). The van der Waals surface area contributed by atoms with Crippen LogP contribution in [-0.2, 0) is 11.3 Å². The van der Waals surface area contributed by atoms with Crippen molar-refractivity contribution < 1.29 is 37.5 Å². The van der Waals surface area contributed by atoms with Crippen molar-refractivity contribution in [2.24, 2.45) is 5.73 Å². The van der Waals surface area contributed by atoms with Crippen molar-refractivity contribution in [3.8, 4) is 0 Å². The number of rotatable bonds is 8. The minimum atomic E-state index is -5.08. The SMILES string of the molecule is Cc1ccc(C(=O)Nc2ccc3nc(C(=O)C(NC(=O)c4ccccc4)c4ccc(CN)cc4)sc3c2)cc1.O=C(O)C(F)(F)F. The quantitative estimate of drug-likeness (QED) is 0.144. The number of halogens is 3. The van der Waals surface area contributed by atoms with Crippen LogP contribution in [0.3, 0.4) is 0 Å². The molecule has 13 heteroatoms. The molecule has 0 aliphatic heterocycles. The van der Waals surface area contributed by atoms with E-state index in [0.717, 1.165) is 15.8 Å². The van der Waals surface area contributed by atoms with Crippen molar-refractivity contribution in [3.05, 3.63) is 130 Å². The summed E-state index contributed by atoms with van der Waals surface area (Å²) >= 11 is 1.21. The fourth-order valence-corrected chi connectivity index (χ4v) is 5.06. The smallest absolute Gasteiger partial charge is 0.475 e. The first kappa shape index (κ1) is 33.5. The molecule has 4 aromatic carbocycles. The van der Waals surface area contributed by atoms with Gasteiger partial charge in [0.1, 0.15) is 6.04 Å². The third kappa shape index (κ3) is 8.61. The molecule has 0 fully saturated rings. The molecule has 0 saturated heterocycles. The first-order valence-electron chi connectivity index (χ1n) is 13.6. The molecule has 5 rings (SSSR count). The number of benzene rings is 4. The van der Waals surface area contributed by atoms with Crippen LogP contribution in [0, 0.1) is 6.92 Å². The molecule has 1 unspecified atom stereocenters. The van der Waals surface area contributed by atoms with Gasteiger partial charge in [0, 0.05) is 23.4 Å². The largest absolute Gasteiger partial charge is 0.490 e. The van der Waals surface area contributed by atoms with E-state index in [0.29, 0.717) is 34.4 Å². The Labute approximate surface area is 264 Å². The van der Waals surface area contributed by atoms with Crippen LogP contribution in [0.2, 0.25) is 0 Å². The number of nitrogens with one attached hydrogen (secondary N) is 2. The van der Waals surface area contributed by atoms with E-state index in [-0.39, 0.29) is 22.6 Å². The zero-order chi connectivity index (χ0) is 33.4. The molecule has 0 bridgehead atoms. The number of alkyl halides is 3. The molecule has 46 heavy (non-hydrogen) atoms. The Hall–Kier alpha value is -5.40. The van der Waals surface area contributed by atoms with Gasteiger partial charge in [-0.1, -0.05) is 60.2 Å². The van der Waals surface area contributed by atoms with E-state index < -0.39 is 18.2 Å². The number of nitrogens with zero attached hydrogens (tertiary/aromatic N) is 1. The number of aliphatic carboxylic acids is 1. The van der Waals surface area contributed by atoms with E-state index in [1.165, 1.54) is 11.3 Å². The van der Waals surface area contributed by atoms with Crippen molar-refractivity contribution in [2.45, 2.75) is 25.7 Å². The lowest BCUT2D eigenvalue weighted by Gasteiger charge is -2.17. The topological polar surface area (TPSA) is 151 Å². The number of carboxylic acid groups (broad SMARTS) is 1. The van der Waals surface area contributed by atoms with Gasteiger partial charge in [-0.05, 0) is 60.5 Å². The Bertz CT molecular complexity index is 1860. The molecule has 0 aliphatic rings. The Morgan fingerprint density at radius 1 is 0.870 bits per heavy atom. The van der Waals surface area contributed by atoms with Crippen LogP contribution in [-0.4, -0.2) is 39.8 Å². The molecule has 5 N–H and O–H groups in total. The van der Waals surface area contributed by atoms with Crippen LogP contribution in [0.1, 0.15) is 53.3 Å². The summed E-state index contributed by atoms with van der Waals surface area (Å²) < 4.78 is 32.5. The summed E-state index contributed by atoms with van der Waals surface area (Å²) in [5, 5.41) is 13.2. The number of fused-ring (bicyclic) bond motifs is 1. The van der Waals surface area contributed by atoms with E-state index >= 15 is 0 Å². The number of anilines is 1. The summed E-state index contributed by atoms with van der Waals surface area (Å²) in [6.45, 7) is 2.33. The van der Waals surface area contributed by atoms with Crippen molar-refractivity contribution in [1.29, 1.82) is 0 Å². The summed E-state index contributed by atoms with van der Waals surface area (Å²) in [4.78, 5) is 52.9. The molecule has 9 nitrogen and oxygen atoms in total. The molecule has 236 valence electrons. The number of carbonyl (C=O) groups excluding carboxylic acids is 3. The number of Topliss-reactive ketones (excluding diaryl/α,β-unsaturated/α-hetero) is 1. The van der Waals surface area contributed by atoms with Gasteiger partial charge < -0.3 is 21.5 Å². The number of carbonyl (C=O) groups is 4. The molecule has 1 heterocycles. The fraction of sp³-hybridized carbons (Fsp3) is 0.121. The van der Waals surface area contributed by atoms with Gasteiger partial charge in [-0.15, -0.1) is 11.3 Å². The van der Waals surface area contributed by atoms with E-state index in [2.05, 4.69) is 15.6 Å². The monoisotopic (exact) mass is 648 g/mol. The molecule has 0 aliphatic carbocycles. The van der Waals surface area contributed by atoms with E-state index in [1.54, 1.807) is 66.7 Å². The summed E-state index contributed by atoms with van der Waals surface area (Å²) in [5.41, 5.74) is 10.6. The zero-order valence-corrected chi connectivity index (χ0v) is 25.0. The first-order chi connectivity index (χ1) is 21.8. The lowest BCUT2D eigenvalue weighted by Crippen LogP contribution is -2.34. The number of aryl methyl sites for hydroxylation is 1. The van der Waals surface area contributed by atoms with Gasteiger partial charge in [-0.2, -0.15) is 13.2 Å². The van der Waals surface area contributed by atoms with Crippen molar-refractivity contribution in [1.82, 2.24) is 10.3 Å². The minimum Gasteiger partial charge on any atom is -0.475 e. The number of aromatic nitrogens is 1. The number of thiazole rings is 1. The maximum atomic E-state index is 13.8. The lowest BCUT2D eigenvalue weighted by molar-refractivity contribution is -0.192. The van der Waals surface area contributed by atoms with Crippen molar-refractivity contribution >= 4 is 50.8 Å². The average molecular weight is 649 g/mol. The van der Waals surface area contributed by atoms with Gasteiger partial charge in [0.15, 0.2) is 5.01 Å². The molecule has 2 amide bonds. The second-order valence-corrected chi connectivity index (χ2v) is 10.9. The molecular weight excluding hydrogens is 621 g/mol. The third-order valence-corrected chi connectivity index (χ3v) is 7.57. The molecule has 5 aromatic rings. The minimum absolute atomic E-state index is 0.222. The predicted molar refractivity (Wildman–Crippen MR) is 168 cm³/mol. The number of hydrogen-bond donors (Lipinski definition) is 4.